The first-order valence-corrected chi connectivity index (χ1v) is 7.61. The van der Waals surface area contributed by atoms with Gasteiger partial charge in [-0.05, 0) is 24.1 Å². The van der Waals surface area contributed by atoms with Crippen molar-refractivity contribution < 1.29 is 18.4 Å². The van der Waals surface area contributed by atoms with Crippen LogP contribution in [0.3, 0.4) is 0 Å². The van der Waals surface area contributed by atoms with E-state index >= 15 is 0 Å². The summed E-state index contributed by atoms with van der Waals surface area (Å²) in [6.45, 7) is 0.600. The average molecular weight is 325 g/mol. The number of alkyl halides is 2. The molecule has 1 aromatic rings. The third kappa shape index (κ3) is 4.25. The zero-order valence-corrected chi connectivity index (χ0v) is 13.0. The van der Waals surface area contributed by atoms with E-state index in [1.165, 1.54) is 4.90 Å². The van der Waals surface area contributed by atoms with E-state index in [2.05, 4.69) is 5.32 Å². The Hall–Kier alpha value is -2.02. The predicted octanol–water partition coefficient (Wildman–Crippen LogP) is 1.31. The topological polar surface area (TPSA) is 75.4 Å². The first-order chi connectivity index (χ1) is 10.9. The smallest absolute Gasteiger partial charge is 0.277 e. The summed E-state index contributed by atoms with van der Waals surface area (Å²) >= 11 is 0. The third-order valence-electron chi connectivity index (χ3n) is 3.97. The second-order valence-corrected chi connectivity index (χ2v) is 5.70. The van der Waals surface area contributed by atoms with Gasteiger partial charge in [0.05, 0.1) is 19.0 Å². The number of benzene rings is 1. The van der Waals surface area contributed by atoms with Crippen molar-refractivity contribution in [2.45, 2.75) is 25.7 Å². The highest BCUT2D eigenvalue weighted by molar-refractivity contribution is 6.00. The predicted molar refractivity (Wildman–Crippen MR) is 83.3 cm³/mol. The minimum atomic E-state index is -3.13. The van der Waals surface area contributed by atoms with Crippen molar-refractivity contribution in [3.8, 4) is 0 Å². The SMILES string of the molecule is CCc1ccc(N2CC(C(=O)NCC(F)(F)CN)CC2=O)cc1. The molecule has 2 rings (SSSR count). The van der Waals surface area contributed by atoms with Crippen molar-refractivity contribution in [3.05, 3.63) is 29.8 Å². The van der Waals surface area contributed by atoms with Crippen LogP contribution in [0, 0.1) is 5.92 Å². The molecule has 0 aliphatic carbocycles. The van der Waals surface area contributed by atoms with E-state index in [4.69, 9.17) is 5.73 Å². The monoisotopic (exact) mass is 325 g/mol. The summed E-state index contributed by atoms with van der Waals surface area (Å²) in [5.74, 6) is -4.48. The van der Waals surface area contributed by atoms with Crippen LogP contribution in [-0.4, -0.2) is 37.4 Å². The second kappa shape index (κ2) is 7.04. The van der Waals surface area contributed by atoms with Gasteiger partial charge >= 0.3 is 0 Å². The normalized spacial score (nSPS) is 18.3. The molecule has 1 atom stereocenters. The van der Waals surface area contributed by atoms with Gasteiger partial charge in [0, 0.05) is 18.7 Å². The number of nitrogens with zero attached hydrogens (tertiary/aromatic N) is 1. The fourth-order valence-corrected chi connectivity index (χ4v) is 2.48. The van der Waals surface area contributed by atoms with Crippen molar-refractivity contribution >= 4 is 17.5 Å². The fraction of sp³-hybridized carbons (Fsp3) is 0.500. The van der Waals surface area contributed by atoms with Gasteiger partial charge in [-0.1, -0.05) is 19.1 Å². The molecule has 0 radical (unpaired) electrons. The molecule has 0 saturated carbocycles. The van der Waals surface area contributed by atoms with Crippen LogP contribution in [-0.2, 0) is 16.0 Å². The zero-order chi connectivity index (χ0) is 17.0. The van der Waals surface area contributed by atoms with Crippen LogP contribution in [0.1, 0.15) is 18.9 Å². The molecule has 23 heavy (non-hydrogen) atoms. The third-order valence-corrected chi connectivity index (χ3v) is 3.97. The summed E-state index contributed by atoms with van der Waals surface area (Å²) < 4.78 is 26.1. The number of halogens is 2. The van der Waals surface area contributed by atoms with Gasteiger partial charge in [0.25, 0.3) is 5.92 Å². The molecule has 1 fully saturated rings. The Kier molecular flexibility index (Phi) is 5.30. The minimum absolute atomic E-state index is 0.0234. The van der Waals surface area contributed by atoms with E-state index in [1.54, 1.807) is 0 Å². The first-order valence-electron chi connectivity index (χ1n) is 7.61. The van der Waals surface area contributed by atoms with Gasteiger partial charge in [-0.15, -0.1) is 0 Å². The summed E-state index contributed by atoms with van der Waals surface area (Å²) in [7, 11) is 0. The van der Waals surface area contributed by atoms with Crippen molar-refractivity contribution in [2.75, 3.05) is 24.5 Å². The Morgan fingerprint density at radius 1 is 1.39 bits per heavy atom. The molecule has 3 N–H and O–H groups in total. The minimum Gasteiger partial charge on any atom is -0.350 e. The molecule has 1 aromatic carbocycles. The highest BCUT2D eigenvalue weighted by atomic mass is 19.3. The molecule has 126 valence electrons. The lowest BCUT2D eigenvalue weighted by molar-refractivity contribution is -0.127. The molecule has 5 nitrogen and oxygen atoms in total. The van der Waals surface area contributed by atoms with Gasteiger partial charge in [0.1, 0.15) is 0 Å². The summed E-state index contributed by atoms with van der Waals surface area (Å²) in [6, 6.07) is 7.52. The number of carbonyl (C=O) groups is 2. The van der Waals surface area contributed by atoms with Crippen molar-refractivity contribution in [2.24, 2.45) is 11.7 Å². The molecule has 0 aromatic heterocycles. The van der Waals surface area contributed by atoms with Gasteiger partial charge in [0.15, 0.2) is 0 Å². The number of amides is 2. The van der Waals surface area contributed by atoms with E-state index in [1.807, 2.05) is 31.2 Å². The Morgan fingerprint density at radius 3 is 2.61 bits per heavy atom. The summed E-state index contributed by atoms with van der Waals surface area (Å²) in [4.78, 5) is 25.6. The molecule has 0 bridgehead atoms. The molecular weight excluding hydrogens is 304 g/mol. The van der Waals surface area contributed by atoms with E-state index in [0.717, 1.165) is 17.7 Å². The van der Waals surface area contributed by atoms with Crippen LogP contribution in [0.15, 0.2) is 24.3 Å². The number of anilines is 1. The van der Waals surface area contributed by atoms with Crippen LogP contribution >= 0.6 is 0 Å². The number of hydrogen-bond acceptors (Lipinski definition) is 3. The Bertz CT molecular complexity index is 575. The lowest BCUT2D eigenvalue weighted by atomic mass is 10.1. The van der Waals surface area contributed by atoms with Crippen LogP contribution in [0.5, 0.6) is 0 Å². The molecule has 1 saturated heterocycles. The van der Waals surface area contributed by atoms with Crippen LogP contribution < -0.4 is 16.0 Å². The van der Waals surface area contributed by atoms with E-state index < -0.39 is 30.8 Å². The molecule has 0 spiro atoms. The molecule has 1 aliphatic heterocycles. The fourth-order valence-electron chi connectivity index (χ4n) is 2.48. The summed E-state index contributed by atoms with van der Waals surface area (Å²) in [5.41, 5.74) is 6.80. The van der Waals surface area contributed by atoms with Crippen LogP contribution in [0.4, 0.5) is 14.5 Å². The average Bonchev–Trinajstić information content (AvgIpc) is 2.94. The van der Waals surface area contributed by atoms with Gasteiger partial charge < -0.3 is 16.0 Å². The van der Waals surface area contributed by atoms with Crippen molar-refractivity contribution in [1.29, 1.82) is 0 Å². The van der Waals surface area contributed by atoms with Crippen LogP contribution in [0.2, 0.25) is 0 Å². The number of hydrogen-bond donors (Lipinski definition) is 2. The highest BCUT2D eigenvalue weighted by Crippen LogP contribution is 2.25. The zero-order valence-electron chi connectivity index (χ0n) is 13.0. The number of carbonyl (C=O) groups excluding carboxylic acids is 2. The maximum Gasteiger partial charge on any atom is 0.277 e. The number of nitrogens with two attached hydrogens (primary N) is 1. The largest absolute Gasteiger partial charge is 0.350 e. The van der Waals surface area contributed by atoms with E-state index in [0.29, 0.717) is 0 Å². The summed E-state index contributed by atoms with van der Waals surface area (Å²) in [5, 5.41) is 2.18. The Morgan fingerprint density at radius 2 is 2.04 bits per heavy atom. The first kappa shape index (κ1) is 17.3. The maximum atomic E-state index is 13.1. The lowest BCUT2D eigenvalue weighted by Crippen LogP contribution is -2.44. The van der Waals surface area contributed by atoms with Gasteiger partial charge in [-0.2, -0.15) is 0 Å². The molecule has 1 unspecified atom stereocenters. The second-order valence-electron chi connectivity index (χ2n) is 5.70. The van der Waals surface area contributed by atoms with Crippen LogP contribution in [0.25, 0.3) is 0 Å². The number of aryl methyl sites for hydroxylation is 1. The standard InChI is InChI=1S/C16H21F2N3O2/c1-2-11-3-5-13(6-4-11)21-8-12(7-14(21)22)15(23)20-10-16(17,18)9-19/h3-6,12H,2,7-10,19H2,1H3,(H,20,23). The Labute approximate surface area is 133 Å². The molecule has 2 amide bonds. The van der Waals surface area contributed by atoms with Crippen molar-refractivity contribution in [1.82, 2.24) is 5.32 Å². The number of nitrogens with one attached hydrogen (secondary N) is 1. The van der Waals surface area contributed by atoms with Crippen molar-refractivity contribution in [3.63, 3.8) is 0 Å². The molecular formula is C16H21F2N3O2. The molecule has 1 aliphatic rings. The van der Waals surface area contributed by atoms with Gasteiger partial charge in [0.2, 0.25) is 11.8 Å². The van der Waals surface area contributed by atoms with E-state index in [-0.39, 0.29) is 18.9 Å². The lowest BCUT2D eigenvalue weighted by Gasteiger charge is -2.18. The molecule has 7 heteroatoms. The molecule has 1 heterocycles. The highest BCUT2D eigenvalue weighted by Gasteiger charge is 2.36. The van der Waals surface area contributed by atoms with Gasteiger partial charge in [-0.3, -0.25) is 9.59 Å². The van der Waals surface area contributed by atoms with E-state index in [9.17, 15) is 18.4 Å². The summed E-state index contributed by atoms with van der Waals surface area (Å²) in [6.07, 6.45) is 0.921. The number of rotatable bonds is 6. The van der Waals surface area contributed by atoms with Gasteiger partial charge in [-0.25, -0.2) is 8.78 Å². The quantitative estimate of drug-likeness (QED) is 0.828. The Balaban J connectivity index is 1.97. The maximum absolute atomic E-state index is 13.1.